The van der Waals surface area contributed by atoms with Crippen molar-refractivity contribution in [2.24, 2.45) is 0 Å². The van der Waals surface area contributed by atoms with Crippen molar-refractivity contribution in [1.29, 1.82) is 0 Å². The zero-order valence-corrected chi connectivity index (χ0v) is 18.3. The van der Waals surface area contributed by atoms with Gasteiger partial charge in [0.05, 0.1) is 7.11 Å². The molecular formula is C22H33N3O5. The van der Waals surface area contributed by atoms with Crippen molar-refractivity contribution < 1.29 is 23.9 Å². The molecular weight excluding hydrogens is 386 g/mol. The minimum Gasteiger partial charge on any atom is -0.496 e. The molecule has 8 nitrogen and oxygen atoms in total. The average Bonchev–Trinajstić information content (AvgIpc) is 2.70. The van der Waals surface area contributed by atoms with Crippen LogP contribution in [0, 0.1) is 0 Å². The van der Waals surface area contributed by atoms with Crippen molar-refractivity contribution in [2.75, 3.05) is 26.7 Å². The number of nitrogens with one attached hydrogen (secondary N) is 2. The molecule has 1 heterocycles. The minimum atomic E-state index is -0.604. The van der Waals surface area contributed by atoms with E-state index in [4.69, 9.17) is 9.47 Å². The molecule has 3 amide bonds. The van der Waals surface area contributed by atoms with Crippen LogP contribution in [0.5, 0.6) is 5.75 Å². The lowest BCUT2D eigenvalue weighted by Crippen LogP contribution is -2.49. The number of likely N-dealkylation sites (tertiary alicyclic amines) is 1. The molecule has 2 rings (SSSR count). The fraction of sp³-hybridized carbons (Fsp3) is 0.591. The molecule has 1 aromatic carbocycles. The molecule has 166 valence electrons. The van der Waals surface area contributed by atoms with Gasteiger partial charge in [0.1, 0.15) is 17.9 Å². The summed E-state index contributed by atoms with van der Waals surface area (Å²) in [4.78, 5) is 37.9. The molecule has 0 atom stereocenters. The normalized spacial score (nSPS) is 14.7. The molecule has 30 heavy (non-hydrogen) atoms. The van der Waals surface area contributed by atoms with Crippen LogP contribution in [0.1, 0.15) is 45.6 Å². The fourth-order valence-corrected chi connectivity index (χ4v) is 3.30. The van der Waals surface area contributed by atoms with E-state index >= 15 is 0 Å². The quantitative estimate of drug-likeness (QED) is 0.707. The maximum absolute atomic E-state index is 12.3. The van der Waals surface area contributed by atoms with Gasteiger partial charge in [0.15, 0.2) is 0 Å². The van der Waals surface area contributed by atoms with Crippen LogP contribution in [-0.4, -0.2) is 61.2 Å². The second-order valence-electron chi connectivity index (χ2n) is 8.39. The van der Waals surface area contributed by atoms with E-state index in [1.165, 1.54) is 0 Å². The van der Waals surface area contributed by atoms with Gasteiger partial charge < -0.3 is 25.0 Å². The van der Waals surface area contributed by atoms with Gasteiger partial charge in [-0.15, -0.1) is 0 Å². The topological polar surface area (TPSA) is 97.0 Å². The number of carbonyl (C=O) groups is 3. The smallest absolute Gasteiger partial charge is 0.408 e. The number of hydrogen-bond donors (Lipinski definition) is 2. The number of para-hydroxylation sites is 1. The second kappa shape index (κ2) is 10.8. The highest BCUT2D eigenvalue weighted by Crippen LogP contribution is 2.19. The first-order valence-electron chi connectivity index (χ1n) is 10.3. The summed E-state index contributed by atoms with van der Waals surface area (Å²) in [7, 11) is 1.62. The standard InChI is InChI=1S/C22H33N3O5/c1-22(2,3)30-21(28)23-15-20(27)25-13-11-17(12-14-25)24-19(26)10-9-16-7-5-6-8-18(16)29-4/h5-8,17H,9-15H2,1-4H3,(H,23,28)(H,24,26). The summed E-state index contributed by atoms with van der Waals surface area (Å²) in [6.07, 6.45) is 1.79. The van der Waals surface area contributed by atoms with E-state index in [-0.39, 0.29) is 24.4 Å². The minimum absolute atomic E-state index is 0.00252. The van der Waals surface area contributed by atoms with Gasteiger partial charge in [0, 0.05) is 25.6 Å². The van der Waals surface area contributed by atoms with Gasteiger partial charge in [-0.05, 0) is 51.7 Å². The van der Waals surface area contributed by atoms with Crippen LogP contribution < -0.4 is 15.4 Å². The van der Waals surface area contributed by atoms with Crippen molar-refractivity contribution in [1.82, 2.24) is 15.5 Å². The van der Waals surface area contributed by atoms with E-state index < -0.39 is 11.7 Å². The highest BCUT2D eigenvalue weighted by molar-refractivity contribution is 5.82. The molecule has 0 radical (unpaired) electrons. The van der Waals surface area contributed by atoms with Crippen LogP contribution in [0.15, 0.2) is 24.3 Å². The van der Waals surface area contributed by atoms with Gasteiger partial charge in [-0.3, -0.25) is 9.59 Å². The molecule has 1 aliphatic heterocycles. The third-order valence-corrected chi connectivity index (χ3v) is 4.81. The van der Waals surface area contributed by atoms with Crippen LogP contribution in [-0.2, 0) is 20.7 Å². The first-order valence-corrected chi connectivity index (χ1v) is 10.3. The van der Waals surface area contributed by atoms with Crippen molar-refractivity contribution in [3.05, 3.63) is 29.8 Å². The fourth-order valence-electron chi connectivity index (χ4n) is 3.30. The lowest BCUT2D eigenvalue weighted by atomic mass is 10.0. The number of amides is 3. The molecule has 0 spiro atoms. The second-order valence-corrected chi connectivity index (χ2v) is 8.39. The number of piperidine rings is 1. The van der Waals surface area contributed by atoms with E-state index in [2.05, 4.69) is 10.6 Å². The van der Waals surface area contributed by atoms with E-state index in [0.29, 0.717) is 38.8 Å². The number of nitrogens with zero attached hydrogens (tertiary/aromatic N) is 1. The maximum atomic E-state index is 12.3. The predicted molar refractivity (Wildman–Crippen MR) is 113 cm³/mol. The Balaban J connectivity index is 1.68. The third kappa shape index (κ3) is 7.93. The Labute approximate surface area is 178 Å². The third-order valence-electron chi connectivity index (χ3n) is 4.81. The van der Waals surface area contributed by atoms with Crippen LogP contribution >= 0.6 is 0 Å². The Bertz CT molecular complexity index is 737. The van der Waals surface area contributed by atoms with E-state index in [1.54, 1.807) is 32.8 Å². The van der Waals surface area contributed by atoms with Crippen LogP contribution in [0.2, 0.25) is 0 Å². The maximum Gasteiger partial charge on any atom is 0.408 e. The molecule has 1 aromatic rings. The molecule has 0 aromatic heterocycles. The number of ether oxygens (including phenoxy) is 2. The number of alkyl carbamates (subject to hydrolysis) is 1. The van der Waals surface area contributed by atoms with Gasteiger partial charge in [0.2, 0.25) is 11.8 Å². The number of carbonyl (C=O) groups excluding carboxylic acids is 3. The largest absolute Gasteiger partial charge is 0.496 e. The summed E-state index contributed by atoms with van der Waals surface area (Å²) in [5.41, 5.74) is 0.406. The number of hydrogen-bond acceptors (Lipinski definition) is 5. The summed E-state index contributed by atoms with van der Waals surface area (Å²) in [6.45, 7) is 6.31. The van der Waals surface area contributed by atoms with Crippen molar-refractivity contribution in [2.45, 2.75) is 58.1 Å². The summed E-state index contributed by atoms with van der Waals surface area (Å²) >= 11 is 0. The summed E-state index contributed by atoms with van der Waals surface area (Å²) in [6, 6.07) is 7.73. The molecule has 0 unspecified atom stereocenters. The van der Waals surface area contributed by atoms with Crippen LogP contribution in [0.3, 0.4) is 0 Å². The van der Waals surface area contributed by atoms with E-state index in [9.17, 15) is 14.4 Å². The first kappa shape index (κ1) is 23.5. The Morgan fingerprint density at radius 2 is 1.80 bits per heavy atom. The first-order chi connectivity index (χ1) is 14.2. The predicted octanol–water partition coefficient (Wildman–Crippen LogP) is 2.26. The Hall–Kier alpha value is -2.77. The molecule has 8 heteroatoms. The lowest BCUT2D eigenvalue weighted by molar-refractivity contribution is -0.131. The van der Waals surface area contributed by atoms with Gasteiger partial charge in [-0.25, -0.2) is 4.79 Å². The van der Waals surface area contributed by atoms with Crippen LogP contribution in [0.4, 0.5) is 4.79 Å². The molecule has 0 aliphatic carbocycles. The molecule has 0 bridgehead atoms. The summed E-state index contributed by atoms with van der Waals surface area (Å²) in [5.74, 6) is 0.635. The van der Waals surface area contributed by atoms with Crippen molar-refractivity contribution >= 4 is 17.9 Å². The van der Waals surface area contributed by atoms with E-state index in [1.807, 2.05) is 24.3 Å². The van der Waals surface area contributed by atoms with Gasteiger partial charge in [0.25, 0.3) is 0 Å². The number of benzene rings is 1. The Kier molecular flexibility index (Phi) is 8.50. The van der Waals surface area contributed by atoms with E-state index in [0.717, 1.165) is 11.3 Å². The monoisotopic (exact) mass is 419 g/mol. The van der Waals surface area contributed by atoms with Crippen molar-refractivity contribution in [3.63, 3.8) is 0 Å². The van der Waals surface area contributed by atoms with Gasteiger partial charge in [-0.2, -0.15) is 0 Å². The zero-order chi connectivity index (χ0) is 22.1. The number of aryl methyl sites for hydroxylation is 1. The molecule has 2 N–H and O–H groups in total. The van der Waals surface area contributed by atoms with Crippen LogP contribution in [0.25, 0.3) is 0 Å². The molecule has 0 saturated carbocycles. The summed E-state index contributed by atoms with van der Waals surface area (Å²) in [5, 5.41) is 5.54. The average molecular weight is 420 g/mol. The Morgan fingerprint density at radius 1 is 1.13 bits per heavy atom. The number of rotatable bonds is 7. The number of methoxy groups -OCH3 is 1. The highest BCUT2D eigenvalue weighted by Gasteiger charge is 2.24. The molecule has 1 aliphatic rings. The van der Waals surface area contributed by atoms with Gasteiger partial charge >= 0.3 is 6.09 Å². The SMILES string of the molecule is COc1ccccc1CCC(=O)NC1CCN(C(=O)CNC(=O)OC(C)(C)C)CC1. The van der Waals surface area contributed by atoms with Gasteiger partial charge in [-0.1, -0.05) is 18.2 Å². The molecule has 1 saturated heterocycles. The molecule has 1 fully saturated rings. The Morgan fingerprint density at radius 3 is 2.43 bits per heavy atom. The highest BCUT2D eigenvalue weighted by atomic mass is 16.6. The lowest BCUT2D eigenvalue weighted by Gasteiger charge is -2.32. The zero-order valence-electron chi connectivity index (χ0n) is 18.3. The summed E-state index contributed by atoms with van der Waals surface area (Å²) < 4.78 is 10.4. The van der Waals surface area contributed by atoms with Crippen molar-refractivity contribution in [3.8, 4) is 5.75 Å².